The van der Waals surface area contributed by atoms with Crippen LogP contribution in [-0.4, -0.2) is 12.0 Å². The molecule has 0 radical (unpaired) electrons. The minimum Gasteiger partial charge on any atom is -0.296 e. The molecule has 1 N–H and O–H groups in total. The van der Waals surface area contributed by atoms with E-state index in [-0.39, 0.29) is 0 Å². The van der Waals surface area contributed by atoms with E-state index in [1.807, 2.05) is 31.2 Å². The third-order valence-electron chi connectivity index (χ3n) is 1.67. The Morgan fingerprint density at radius 1 is 1.50 bits per heavy atom. The molecule has 0 spiro atoms. The Balaban J connectivity index is 2.65. The van der Waals surface area contributed by atoms with E-state index < -0.39 is 0 Å². The van der Waals surface area contributed by atoms with Gasteiger partial charge in [0.05, 0.1) is 5.69 Å². The zero-order valence-corrected chi connectivity index (χ0v) is 9.41. The highest BCUT2D eigenvalue weighted by Crippen LogP contribution is 2.13. The van der Waals surface area contributed by atoms with Crippen LogP contribution in [0.2, 0.25) is 0 Å². The molecule has 3 nitrogen and oxygen atoms in total. The summed E-state index contributed by atoms with van der Waals surface area (Å²) in [4.78, 5) is 10.4. The van der Waals surface area contributed by atoms with Crippen LogP contribution in [0.3, 0.4) is 0 Å². The third-order valence-corrected chi connectivity index (χ3v) is 2.20. The summed E-state index contributed by atoms with van der Waals surface area (Å²) in [6.45, 7) is 1.89. The predicted molar refractivity (Wildman–Crippen MR) is 61.6 cm³/mol. The molecular weight excluding hydrogens is 244 g/mol. The number of hydrogen-bond donors (Lipinski definition) is 1. The van der Waals surface area contributed by atoms with E-state index in [9.17, 15) is 4.79 Å². The van der Waals surface area contributed by atoms with E-state index in [1.165, 1.54) is 0 Å². The molecule has 0 aliphatic carbocycles. The summed E-state index contributed by atoms with van der Waals surface area (Å²) in [5.41, 5.74) is 4.18. The minimum absolute atomic E-state index is 0.507. The van der Waals surface area contributed by atoms with Crippen LogP contribution in [0.25, 0.3) is 0 Å². The number of carbonyl (C=O) groups excluding carboxylic acids is 1. The Morgan fingerprint density at radius 3 is 2.64 bits per heavy atom. The number of hydrogen-bond acceptors (Lipinski definition) is 3. The van der Waals surface area contributed by atoms with Crippen molar-refractivity contribution in [3.63, 3.8) is 0 Å². The van der Waals surface area contributed by atoms with E-state index in [0.29, 0.717) is 12.1 Å². The molecule has 1 aromatic carbocycles. The van der Waals surface area contributed by atoms with Gasteiger partial charge in [-0.05, 0) is 30.7 Å². The number of carbonyl (C=O) groups is 1. The molecule has 0 aliphatic heterocycles. The first kappa shape index (κ1) is 10.9. The Bertz CT molecular complexity index is 332. The highest BCUT2D eigenvalue weighted by atomic mass is 79.9. The molecular formula is C10H11BrN2O. The fraction of sp³-hybridized carbons (Fsp3) is 0.200. The summed E-state index contributed by atoms with van der Waals surface area (Å²) in [6.07, 6.45) is 1.39. The molecule has 0 saturated heterocycles. The lowest BCUT2D eigenvalue weighted by Gasteiger charge is -2.00. The van der Waals surface area contributed by atoms with Gasteiger partial charge in [-0.15, -0.1) is 0 Å². The summed E-state index contributed by atoms with van der Waals surface area (Å²) in [5.74, 6) is 0. The molecule has 0 atom stereocenters. The molecule has 0 heterocycles. The summed E-state index contributed by atoms with van der Waals surface area (Å²) in [5, 5.41) is 3.94. The van der Waals surface area contributed by atoms with Crippen molar-refractivity contribution in [3.05, 3.63) is 28.7 Å². The van der Waals surface area contributed by atoms with Gasteiger partial charge in [0.1, 0.15) is 5.71 Å². The number of rotatable bonds is 4. The number of nitrogens with zero attached hydrogens (tertiary/aromatic N) is 1. The summed E-state index contributed by atoms with van der Waals surface area (Å²) >= 11 is 3.33. The standard InChI is InChI=1S/C10H11BrN2O/c1-2-9(7-14)12-13-10-5-3-8(11)4-6-10/h3-7,13H,2H2,1H3/b12-9+. The van der Waals surface area contributed by atoms with Crippen LogP contribution in [0.5, 0.6) is 0 Å². The van der Waals surface area contributed by atoms with Crippen molar-refractivity contribution < 1.29 is 4.79 Å². The molecule has 0 unspecified atom stereocenters. The second kappa shape index (κ2) is 5.54. The maximum atomic E-state index is 10.4. The zero-order valence-electron chi connectivity index (χ0n) is 7.83. The van der Waals surface area contributed by atoms with Gasteiger partial charge in [0.2, 0.25) is 0 Å². The third kappa shape index (κ3) is 3.30. The SMILES string of the molecule is CC/C(C=O)=N\Nc1ccc(Br)cc1. The lowest BCUT2D eigenvalue weighted by atomic mass is 10.3. The van der Waals surface area contributed by atoms with Gasteiger partial charge in [0, 0.05) is 4.47 Å². The van der Waals surface area contributed by atoms with Crippen LogP contribution in [0.4, 0.5) is 5.69 Å². The van der Waals surface area contributed by atoms with E-state index in [4.69, 9.17) is 0 Å². The van der Waals surface area contributed by atoms with Crippen LogP contribution < -0.4 is 5.43 Å². The van der Waals surface area contributed by atoms with Gasteiger partial charge in [0.25, 0.3) is 0 Å². The zero-order chi connectivity index (χ0) is 10.4. The number of anilines is 1. The number of hydrazone groups is 1. The first-order valence-electron chi connectivity index (χ1n) is 4.29. The highest BCUT2D eigenvalue weighted by Gasteiger charge is 1.93. The van der Waals surface area contributed by atoms with Gasteiger partial charge >= 0.3 is 0 Å². The molecule has 4 heteroatoms. The highest BCUT2D eigenvalue weighted by molar-refractivity contribution is 9.10. The molecule has 1 aromatic rings. The van der Waals surface area contributed by atoms with Gasteiger partial charge in [-0.2, -0.15) is 5.10 Å². The smallest absolute Gasteiger partial charge is 0.166 e. The average molecular weight is 255 g/mol. The van der Waals surface area contributed by atoms with Crippen LogP contribution in [0, 0.1) is 0 Å². The topological polar surface area (TPSA) is 41.5 Å². The predicted octanol–water partition coefficient (Wildman–Crippen LogP) is 2.83. The molecule has 14 heavy (non-hydrogen) atoms. The van der Waals surface area contributed by atoms with Crippen LogP contribution in [0.1, 0.15) is 13.3 Å². The summed E-state index contributed by atoms with van der Waals surface area (Å²) < 4.78 is 1.01. The fourth-order valence-electron chi connectivity index (χ4n) is 0.850. The molecule has 0 aliphatic rings. The van der Waals surface area contributed by atoms with Crippen molar-refractivity contribution >= 4 is 33.6 Å². The Kier molecular flexibility index (Phi) is 4.32. The first-order valence-corrected chi connectivity index (χ1v) is 5.09. The average Bonchev–Trinajstić information content (AvgIpc) is 2.22. The molecule has 0 aromatic heterocycles. The summed E-state index contributed by atoms with van der Waals surface area (Å²) in [6, 6.07) is 7.58. The van der Waals surface area contributed by atoms with Gasteiger partial charge in [0.15, 0.2) is 6.29 Å². The van der Waals surface area contributed by atoms with Crippen molar-refractivity contribution in [2.45, 2.75) is 13.3 Å². The normalized spacial score (nSPS) is 11.1. The van der Waals surface area contributed by atoms with Crippen LogP contribution in [-0.2, 0) is 4.79 Å². The Labute approximate surface area is 91.3 Å². The maximum Gasteiger partial charge on any atom is 0.166 e. The fourth-order valence-corrected chi connectivity index (χ4v) is 1.11. The van der Waals surface area contributed by atoms with E-state index in [1.54, 1.807) is 0 Å². The monoisotopic (exact) mass is 254 g/mol. The molecule has 74 valence electrons. The molecule has 0 amide bonds. The Hall–Kier alpha value is -1.16. The summed E-state index contributed by atoms with van der Waals surface area (Å²) in [7, 11) is 0. The molecule has 0 fully saturated rings. The van der Waals surface area contributed by atoms with Crippen molar-refractivity contribution in [3.8, 4) is 0 Å². The van der Waals surface area contributed by atoms with E-state index in [0.717, 1.165) is 16.4 Å². The van der Waals surface area contributed by atoms with Gasteiger partial charge in [-0.25, -0.2) is 0 Å². The lowest BCUT2D eigenvalue weighted by molar-refractivity contribution is -0.102. The van der Waals surface area contributed by atoms with Crippen molar-refractivity contribution in [2.75, 3.05) is 5.43 Å². The second-order valence-corrected chi connectivity index (χ2v) is 3.61. The molecule has 0 bridgehead atoms. The molecule has 0 saturated carbocycles. The van der Waals surface area contributed by atoms with Crippen LogP contribution >= 0.6 is 15.9 Å². The van der Waals surface area contributed by atoms with E-state index in [2.05, 4.69) is 26.5 Å². The van der Waals surface area contributed by atoms with Crippen molar-refractivity contribution in [2.24, 2.45) is 5.10 Å². The van der Waals surface area contributed by atoms with Crippen molar-refractivity contribution in [1.82, 2.24) is 0 Å². The second-order valence-electron chi connectivity index (χ2n) is 2.69. The maximum absolute atomic E-state index is 10.4. The van der Waals surface area contributed by atoms with Gasteiger partial charge < -0.3 is 0 Å². The largest absolute Gasteiger partial charge is 0.296 e. The minimum atomic E-state index is 0.507. The Morgan fingerprint density at radius 2 is 2.14 bits per heavy atom. The van der Waals surface area contributed by atoms with Crippen molar-refractivity contribution in [1.29, 1.82) is 0 Å². The lowest BCUT2D eigenvalue weighted by Crippen LogP contribution is -2.01. The first-order chi connectivity index (χ1) is 6.76. The number of benzene rings is 1. The number of nitrogens with one attached hydrogen (secondary N) is 1. The molecule has 1 rings (SSSR count). The quantitative estimate of drug-likeness (QED) is 0.510. The number of aldehydes is 1. The van der Waals surface area contributed by atoms with E-state index >= 15 is 0 Å². The number of halogens is 1. The van der Waals surface area contributed by atoms with Gasteiger partial charge in [-0.1, -0.05) is 22.9 Å². The van der Waals surface area contributed by atoms with Crippen LogP contribution in [0.15, 0.2) is 33.8 Å². The van der Waals surface area contributed by atoms with Gasteiger partial charge in [-0.3, -0.25) is 10.2 Å².